The first-order chi connectivity index (χ1) is 8.15. The highest BCUT2D eigenvalue weighted by molar-refractivity contribution is 6.03. The van der Waals surface area contributed by atoms with Crippen LogP contribution in [0.4, 0.5) is 10.2 Å². The first-order valence-corrected chi connectivity index (χ1v) is 5.01. The summed E-state index contributed by atoms with van der Waals surface area (Å²) in [6.07, 6.45) is 2.83. The molecule has 0 aromatic carbocycles. The molecule has 0 radical (unpaired) electrons. The smallest absolute Gasteiger partial charge is 0.258 e. The number of halogens is 1. The summed E-state index contributed by atoms with van der Waals surface area (Å²) in [7, 11) is 0. The average Bonchev–Trinajstić information content (AvgIpc) is 2.33. The zero-order valence-corrected chi connectivity index (χ0v) is 9.14. The molecule has 0 unspecified atom stereocenters. The molecule has 86 valence electrons. The van der Waals surface area contributed by atoms with E-state index in [2.05, 4.69) is 15.3 Å². The first-order valence-electron chi connectivity index (χ1n) is 5.01. The van der Waals surface area contributed by atoms with Crippen molar-refractivity contribution in [3.05, 3.63) is 53.7 Å². The van der Waals surface area contributed by atoms with Crippen molar-refractivity contribution in [2.45, 2.75) is 6.92 Å². The molecule has 1 amide bonds. The molecule has 2 aromatic rings. The molecule has 0 atom stereocenters. The van der Waals surface area contributed by atoms with Gasteiger partial charge in [0.05, 0.1) is 5.56 Å². The molecule has 5 heteroatoms. The molecular formula is C12H10FN3O. The lowest BCUT2D eigenvalue weighted by Gasteiger charge is -2.03. The van der Waals surface area contributed by atoms with Crippen LogP contribution in [0.5, 0.6) is 0 Å². The Hall–Kier alpha value is -2.30. The molecule has 2 rings (SSSR count). The third-order valence-electron chi connectivity index (χ3n) is 2.14. The Labute approximate surface area is 97.5 Å². The van der Waals surface area contributed by atoms with Gasteiger partial charge in [-0.3, -0.25) is 4.79 Å². The minimum absolute atomic E-state index is 0.286. The first kappa shape index (κ1) is 11.2. The maximum atomic E-state index is 12.6. The highest BCUT2D eigenvalue weighted by atomic mass is 19.1. The summed E-state index contributed by atoms with van der Waals surface area (Å²) in [6.45, 7) is 1.91. The summed E-state index contributed by atoms with van der Waals surface area (Å²) in [4.78, 5) is 19.1. The summed E-state index contributed by atoms with van der Waals surface area (Å²) in [5.41, 5.74) is 1.29. The fourth-order valence-corrected chi connectivity index (χ4v) is 1.24. The minimum atomic E-state index is -0.616. The van der Waals surface area contributed by atoms with Gasteiger partial charge in [0.15, 0.2) is 0 Å². The van der Waals surface area contributed by atoms with E-state index in [1.807, 2.05) is 13.0 Å². The van der Waals surface area contributed by atoms with E-state index in [0.29, 0.717) is 5.82 Å². The van der Waals surface area contributed by atoms with E-state index in [1.165, 1.54) is 12.3 Å². The lowest BCUT2D eigenvalue weighted by molar-refractivity contribution is 0.102. The number of rotatable bonds is 2. The van der Waals surface area contributed by atoms with Gasteiger partial charge < -0.3 is 5.32 Å². The Morgan fingerprint density at radius 1 is 1.18 bits per heavy atom. The van der Waals surface area contributed by atoms with Crippen molar-refractivity contribution >= 4 is 11.7 Å². The quantitative estimate of drug-likeness (QED) is 0.806. The molecule has 0 aliphatic heterocycles. The number of anilines is 1. The van der Waals surface area contributed by atoms with Gasteiger partial charge in [-0.2, -0.15) is 4.39 Å². The molecule has 4 nitrogen and oxygen atoms in total. The van der Waals surface area contributed by atoms with E-state index in [-0.39, 0.29) is 11.5 Å². The second kappa shape index (κ2) is 4.69. The second-order valence-corrected chi connectivity index (χ2v) is 3.54. The number of pyridine rings is 2. The van der Waals surface area contributed by atoms with Crippen molar-refractivity contribution in [3.63, 3.8) is 0 Å². The third-order valence-corrected chi connectivity index (χ3v) is 2.14. The molecule has 1 N–H and O–H groups in total. The largest absolute Gasteiger partial charge is 0.307 e. The standard InChI is InChI=1S/C12H10FN3O/c1-8-2-5-11(15-6-8)16-12(17)9-3-4-10(13)14-7-9/h2-7H,1H3,(H,15,16,17). The van der Waals surface area contributed by atoms with E-state index in [4.69, 9.17) is 0 Å². The molecule has 0 aliphatic rings. The Kier molecular flexibility index (Phi) is 3.09. The molecule has 0 saturated heterocycles. The van der Waals surface area contributed by atoms with Crippen LogP contribution < -0.4 is 5.32 Å². The van der Waals surface area contributed by atoms with E-state index < -0.39 is 5.95 Å². The number of aromatic nitrogens is 2. The van der Waals surface area contributed by atoms with Gasteiger partial charge in [0.1, 0.15) is 5.82 Å². The number of hydrogen-bond acceptors (Lipinski definition) is 3. The molecular weight excluding hydrogens is 221 g/mol. The SMILES string of the molecule is Cc1ccc(NC(=O)c2ccc(F)nc2)nc1. The van der Waals surface area contributed by atoms with Crippen LogP contribution in [0.15, 0.2) is 36.7 Å². The number of carbonyl (C=O) groups excluding carboxylic acids is 1. The number of aryl methyl sites for hydroxylation is 1. The molecule has 0 saturated carbocycles. The van der Waals surface area contributed by atoms with Gasteiger partial charge in [-0.05, 0) is 30.7 Å². The third kappa shape index (κ3) is 2.84. The van der Waals surface area contributed by atoms with Crippen molar-refractivity contribution in [3.8, 4) is 0 Å². The molecule has 0 aliphatic carbocycles. The van der Waals surface area contributed by atoms with Gasteiger partial charge in [-0.25, -0.2) is 9.97 Å². The normalized spacial score (nSPS) is 10.0. The average molecular weight is 231 g/mol. The Bertz CT molecular complexity index is 522. The monoisotopic (exact) mass is 231 g/mol. The highest BCUT2D eigenvalue weighted by Crippen LogP contribution is 2.07. The van der Waals surface area contributed by atoms with Crippen LogP contribution in [0.3, 0.4) is 0 Å². The summed E-state index contributed by atoms with van der Waals surface area (Å²) < 4.78 is 12.6. The molecule has 17 heavy (non-hydrogen) atoms. The van der Waals surface area contributed by atoms with Crippen molar-refractivity contribution < 1.29 is 9.18 Å². The van der Waals surface area contributed by atoms with Gasteiger partial charge in [0, 0.05) is 12.4 Å². The number of amides is 1. The van der Waals surface area contributed by atoms with Gasteiger partial charge >= 0.3 is 0 Å². The number of nitrogens with one attached hydrogen (secondary N) is 1. The Morgan fingerprint density at radius 2 is 2.00 bits per heavy atom. The van der Waals surface area contributed by atoms with Crippen molar-refractivity contribution in [1.29, 1.82) is 0 Å². The maximum Gasteiger partial charge on any atom is 0.258 e. The van der Waals surface area contributed by atoms with Gasteiger partial charge in [-0.15, -0.1) is 0 Å². The second-order valence-electron chi connectivity index (χ2n) is 3.54. The van der Waals surface area contributed by atoms with E-state index in [1.54, 1.807) is 12.3 Å². The fourth-order valence-electron chi connectivity index (χ4n) is 1.24. The van der Waals surface area contributed by atoms with Crippen LogP contribution in [0.1, 0.15) is 15.9 Å². The maximum absolute atomic E-state index is 12.6. The van der Waals surface area contributed by atoms with E-state index in [9.17, 15) is 9.18 Å². The van der Waals surface area contributed by atoms with Gasteiger partial charge in [0.25, 0.3) is 5.91 Å². The predicted molar refractivity (Wildman–Crippen MR) is 61.1 cm³/mol. The number of nitrogens with zero attached hydrogens (tertiary/aromatic N) is 2. The molecule has 0 bridgehead atoms. The Morgan fingerprint density at radius 3 is 2.59 bits per heavy atom. The fraction of sp³-hybridized carbons (Fsp3) is 0.0833. The number of carbonyl (C=O) groups is 1. The molecule has 0 spiro atoms. The summed E-state index contributed by atoms with van der Waals surface area (Å²) in [6, 6.07) is 6.04. The topological polar surface area (TPSA) is 54.9 Å². The minimum Gasteiger partial charge on any atom is -0.307 e. The summed E-state index contributed by atoms with van der Waals surface area (Å²) in [5.74, 6) is -0.534. The molecule has 0 fully saturated rings. The summed E-state index contributed by atoms with van der Waals surface area (Å²) >= 11 is 0. The molecule has 2 heterocycles. The highest BCUT2D eigenvalue weighted by Gasteiger charge is 2.07. The lowest BCUT2D eigenvalue weighted by Crippen LogP contribution is -2.13. The van der Waals surface area contributed by atoms with Crippen molar-refractivity contribution in [2.75, 3.05) is 5.32 Å². The lowest BCUT2D eigenvalue weighted by atomic mass is 10.2. The van der Waals surface area contributed by atoms with E-state index >= 15 is 0 Å². The van der Waals surface area contributed by atoms with E-state index in [0.717, 1.165) is 11.6 Å². The van der Waals surface area contributed by atoms with Crippen molar-refractivity contribution in [2.24, 2.45) is 0 Å². The zero-order valence-electron chi connectivity index (χ0n) is 9.14. The van der Waals surface area contributed by atoms with Crippen LogP contribution in [-0.4, -0.2) is 15.9 Å². The Balaban J connectivity index is 2.11. The van der Waals surface area contributed by atoms with Crippen LogP contribution in [0, 0.1) is 12.9 Å². The van der Waals surface area contributed by atoms with Gasteiger partial charge in [0.2, 0.25) is 5.95 Å². The van der Waals surface area contributed by atoms with Crippen molar-refractivity contribution in [1.82, 2.24) is 9.97 Å². The van der Waals surface area contributed by atoms with Crippen LogP contribution in [0.2, 0.25) is 0 Å². The van der Waals surface area contributed by atoms with Crippen LogP contribution in [-0.2, 0) is 0 Å². The number of hydrogen-bond donors (Lipinski definition) is 1. The zero-order chi connectivity index (χ0) is 12.3. The summed E-state index contributed by atoms with van der Waals surface area (Å²) in [5, 5.41) is 2.59. The predicted octanol–water partition coefficient (Wildman–Crippen LogP) is 2.18. The molecule has 2 aromatic heterocycles. The van der Waals surface area contributed by atoms with Crippen LogP contribution in [0.25, 0.3) is 0 Å². The van der Waals surface area contributed by atoms with Gasteiger partial charge in [-0.1, -0.05) is 6.07 Å². The van der Waals surface area contributed by atoms with Crippen LogP contribution >= 0.6 is 0 Å².